The Morgan fingerprint density at radius 1 is 0.519 bits per heavy atom. The number of amides is 2. The summed E-state index contributed by atoms with van der Waals surface area (Å²) in [7, 11) is 0. The quantitative estimate of drug-likeness (QED) is 0.107. The molecule has 2 saturated heterocycles. The van der Waals surface area contributed by atoms with Gasteiger partial charge in [-0.2, -0.15) is 0 Å². The fourth-order valence-corrected chi connectivity index (χ4v) is 7.33. The second-order valence-corrected chi connectivity index (χ2v) is 13.2. The molecule has 0 bridgehead atoms. The van der Waals surface area contributed by atoms with Crippen molar-refractivity contribution in [2.75, 3.05) is 23.8 Å². The van der Waals surface area contributed by atoms with Gasteiger partial charge in [-0.15, -0.1) is 0 Å². The molecular formula is C42H46N4O6. The number of hydrogen-bond acceptors (Lipinski definition) is 8. The predicted octanol–water partition coefficient (Wildman–Crippen LogP) is 6.95. The molecule has 10 heteroatoms. The van der Waals surface area contributed by atoms with E-state index in [1.165, 1.54) is 0 Å². The highest BCUT2D eigenvalue weighted by molar-refractivity contribution is 6.01. The molecule has 0 aromatic heterocycles. The zero-order valence-corrected chi connectivity index (χ0v) is 29.6. The zero-order valence-electron chi connectivity index (χ0n) is 29.6. The summed E-state index contributed by atoms with van der Waals surface area (Å²) in [6.07, 6.45) is 2.94. The van der Waals surface area contributed by atoms with Crippen molar-refractivity contribution in [2.45, 2.75) is 63.7 Å². The normalized spacial score (nSPS) is 22.7. The van der Waals surface area contributed by atoms with E-state index in [0.29, 0.717) is 35.3 Å². The summed E-state index contributed by atoms with van der Waals surface area (Å²) < 4.78 is 11.8. The van der Waals surface area contributed by atoms with Crippen LogP contribution in [0.2, 0.25) is 0 Å². The maximum absolute atomic E-state index is 14.8. The number of benzene rings is 4. The van der Waals surface area contributed by atoms with Crippen molar-refractivity contribution in [2.24, 2.45) is 11.8 Å². The van der Waals surface area contributed by atoms with Gasteiger partial charge in [0.1, 0.15) is 23.9 Å². The lowest BCUT2D eigenvalue weighted by Gasteiger charge is -2.33. The summed E-state index contributed by atoms with van der Waals surface area (Å²) in [6, 6.07) is 32.7. The van der Waals surface area contributed by atoms with Crippen LogP contribution in [0.3, 0.4) is 0 Å². The third-order valence-corrected chi connectivity index (χ3v) is 9.70. The number of esters is 2. The SMILES string of the molecule is CCCCOC(=O)[C@@H]1[C@@H](C(=O)Nc2ccccc2)N2[C@H](c3ccccc3)[C@H](C(=O)OCCCC)[C@H](C(=O)Nc3ccccc3)N2[C@@H]1c1ccccc1. The number of carbonyl (C=O) groups excluding carboxylic acids is 4. The maximum atomic E-state index is 14.8. The van der Waals surface area contributed by atoms with E-state index in [0.717, 1.165) is 12.8 Å². The topological polar surface area (TPSA) is 117 Å². The molecule has 4 aromatic rings. The molecule has 0 saturated carbocycles. The molecule has 2 aliphatic rings. The van der Waals surface area contributed by atoms with Crippen LogP contribution in [0, 0.1) is 11.8 Å². The molecule has 6 atom stereocenters. The van der Waals surface area contributed by atoms with Gasteiger partial charge in [0.15, 0.2) is 0 Å². The van der Waals surface area contributed by atoms with Gasteiger partial charge in [0.2, 0.25) is 11.8 Å². The number of fused-ring (bicyclic) bond motifs is 1. The summed E-state index contributed by atoms with van der Waals surface area (Å²) in [5.74, 6) is -4.18. The Morgan fingerprint density at radius 3 is 1.17 bits per heavy atom. The van der Waals surface area contributed by atoms with Gasteiger partial charge in [-0.05, 0) is 48.2 Å². The van der Waals surface area contributed by atoms with E-state index < -0.39 is 59.8 Å². The van der Waals surface area contributed by atoms with E-state index in [4.69, 9.17) is 9.47 Å². The Morgan fingerprint density at radius 2 is 0.846 bits per heavy atom. The molecule has 2 amide bonds. The standard InChI is InChI=1S/C42H46N4O6/c1-3-5-27-51-41(49)33-35(29-19-11-7-12-20-29)45-38(40(48)44-32-25-17-10-18-26-32)34(42(50)52-28-6-4-2)36(30-21-13-8-14-22-30)46(45)37(33)39(47)43-31-23-15-9-16-24-31/h7-26,33-38H,3-6,27-28H2,1-2H3,(H,43,47)(H,44,48)/t33-,34-,35+,36+,37-,38+/m0/s1. The summed E-state index contributed by atoms with van der Waals surface area (Å²) in [6.45, 7) is 4.39. The van der Waals surface area contributed by atoms with Gasteiger partial charge in [-0.1, -0.05) is 124 Å². The summed E-state index contributed by atoms with van der Waals surface area (Å²) >= 11 is 0. The molecule has 0 radical (unpaired) electrons. The van der Waals surface area contributed by atoms with Gasteiger partial charge >= 0.3 is 11.9 Å². The highest BCUT2D eigenvalue weighted by Crippen LogP contribution is 2.56. The van der Waals surface area contributed by atoms with E-state index in [1.807, 2.05) is 111 Å². The average molecular weight is 703 g/mol. The van der Waals surface area contributed by atoms with E-state index in [9.17, 15) is 19.2 Å². The van der Waals surface area contributed by atoms with Crippen molar-refractivity contribution in [1.82, 2.24) is 10.0 Å². The molecule has 6 rings (SSSR count). The average Bonchev–Trinajstić information content (AvgIpc) is 3.70. The fraction of sp³-hybridized carbons (Fsp3) is 0.333. The third kappa shape index (κ3) is 7.78. The van der Waals surface area contributed by atoms with Crippen LogP contribution in [-0.2, 0) is 28.7 Å². The fourth-order valence-electron chi connectivity index (χ4n) is 7.33. The van der Waals surface area contributed by atoms with Crippen LogP contribution in [0.15, 0.2) is 121 Å². The first-order valence-electron chi connectivity index (χ1n) is 18.2. The number of hydrogen-bond donors (Lipinski definition) is 2. The lowest BCUT2D eigenvalue weighted by Crippen LogP contribution is -2.49. The summed E-state index contributed by atoms with van der Waals surface area (Å²) in [4.78, 5) is 58.5. The van der Waals surface area contributed by atoms with E-state index in [1.54, 1.807) is 34.3 Å². The Labute approximate surface area is 305 Å². The smallest absolute Gasteiger partial charge is 0.313 e. The molecule has 2 heterocycles. The van der Waals surface area contributed by atoms with E-state index in [2.05, 4.69) is 10.6 Å². The summed E-state index contributed by atoms with van der Waals surface area (Å²) in [5.41, 5.74) is 2.49. The minimum atomic E-state index is -1.18. The van der Waals surface area contributed by atoms with Crippen molar-refractivity contribution in [1.29, 1.82) is 0 Å². The van der Waals surface area contributed by atoms with E-state index >= 15 is 0 Å². The van der Waals surface area contributed by atoms with E-state index in [-0.39, 0.29) is 13.2 Å². The Hall–Kier alpha value is -5.32. The van der Waals surface area contributed by atoms with Gasteiger partial charge in [-0.25, -0.2) is 10.0 Å². The number of unbranched alkanes of at least 4 members (excludes halogenated alkanes) is 2. The van der Waals surface area contributed by atoms with Gasteiger partial charge in [0.05, 0.1) is 25.3 Å². The number of anilines is 2. The van der Waals surface area contributed by atoms with Crippen molar-refractivity contribution >= 4 is 35.1 Å². The monoisotopic (exact) mass is 702 g/mol. The largest absolute Gasteiger partial charge is 0.465 e. The van der Waals surface area contributed by atoms with Crippen LogP contribution in [0.1, 0.15) is 62.7 Å². The first-order chi connectivity index (χ1) is 25.4. The maximum Gasteiger partial charge on any atom is 0.313 e. The molecule has 0 aliphatic carbocycles. The number of ether oxygens (including phenoxy) is 2. The van der Waals surface area contributed by atoms with Crippen LogP contribution < -0.4 is 10.6 Å². The first-order valence-corrected chi connectivity index (χ1v) is 18.2. The van der Waals surface area contributed by atoms with Gasteiger partial charge < -0.3 is 20.1 Å². The van der Waals surface area contributed by atoms with Crippen LogP contribution in [0.25, 0.3) is 0 Å². The van der Waals surface area contributed by atoms with Crippen LogP contribution in [-0.4, -0.2) is 59.1 Å². The highest BCUT2D eigenvalue weighted by Gasteiger charge is 2.68. The molecule has 2 N–H and O–H groups in total. The van der Waals surface area contributed by atoms with Crippen molar-refractivity contribution < 1.29 is 28.7 Å². The zero-order chi connectivity index (χ0) is 36.5. The second-order valence-electron chi connectivity index (χ2n) is 13.2. The lowest BCUT2D eigenvalue weighted by molar-refractivity contribution is -0.154. The first kappa shape index (κ1) is 36.5. The number of para-hydroxylation sites is 2. The molecule has 52 heavy (non-hydrogen) atoms. The highest BCUT2D eigenvalue weighted by atomic mass is 16.5. The van der Waals surface area contributed by atoms with Crippen LogP contribution in [0.4, 0.5) is 11.4 Å². The van der Waals surface area contributed by atoms with Gasteiger partial charge in [0, 0.05) is 11.4 Å². The molecule has 4 aromatic carbocycles. The molecule has 0 unspecified atom stereocenters. The number of nitrogens with zero attached hydrogens (tertiary/aromatic N) is 2. The second kappa shape index (κ2) is 17.3. The van der Waals surface area contributed by atoms with Crippen molar-refractivity contribution in [3.05, 3.63) is 132 Å². The Balaban J connectivity index is 1.57. The number of hydrazine groups is 1. The predicted molar refractivity (Wildman–Crippen MR) is 198 cm³/mol. The van der Waals surface area contributed by atoms with Crippen molar-refractivity contribution in [3.8, 4) is 0 Å². The Bertz CT molecular complexity index is 1660. The van der Waals surface area contributed by atoms with Gasteiger partial charge in [-0.3, -0.25) is 19.2 Å². The van der Waals surface area contributed by atoms with Crippen LogP contribution in [0.5, 0.6) is 0 Å². The summed E-state index contributed by atoms with van der Waals surface area (Å²) in [5, 5.41) is 9.64. The molecular weight excluding hydrogens is 656 g/mol. The number of nitrogens with one attached hydrogen (secondary N) is 2. The molecule has 0 spiro atoms. The molecule has 2 fully saturated rings. The van der Waals surface area contributed by atoms with Crippen LogP contribution >= 0.6 is 0 Å². The third-order valence-electron chi connectivity index (χ3n) is 9.70. The lowest BCUT2D eigenvalue weighted by atomic mass is 9.82. The number of carbonyl (C=O) groups is 4. The Kier molecular flexibility index (Phi) is 12.1. The van der Waals surface area contributed by atoms with Gasteiger partial charge in [0.25, 0.3) is 0 Å². The van der Waals surface area contributed by atoms with Crippen molar-refractivity contribution in [3.63, 3.8) is 0 Å². The minimum Gasteiger partial charge on any atom is -0.465 e. The number of rotatable bonds is 14. The molecule has 2 aliphatic heterocycles. The molecule has 270 valence electrons. The molecule has 10 nitrogen and oxygen atoms in total. The minimum absolute atomic E-state index is 0.187.